The topological polar surface area (TPSA) is 58.6 Å². The number of hydrogen-bond acceptors (Lipinski definition) is 4. The quantitative estimate of drug-likeness (QED) is 0.646. The molecule has 148 valence electrons. The number of amides is 2. The van der Waals surface area contributed by atoms with E-state index in [0.29, 0.717) is 18.8 Å². The highest BCUT2D eigenvalue weighted by Gasteiger charge is 2.29. The second-order valence-electron chi connectivity index (χ2n) is 7.00. The molecule has 0 radical (unpaired) electrons. The average molecular weight is 407 g/mol. The normalized spacial score (nSPS) is 16.3. The standard InChI is InChI=1S/C23H22N2O3S/c26-22(17-6-4-14-25(16-17)23(27)21-9-5-15-29-21)24-18-10-12-20(13-11-18)28-19-7-2-1-3-8-19/h1-3,5,7-13,15,17H,4,6,14,16H2,(H,24,26). The highest BCUT2D eigenvalue weighted by Crippen LogP contribution is 2.25. The Kier molecular flexibility index (Phi) is 5.91. The molecular weight excluding hydrogens is 384 g/mol. The van der Waals surface area contributed by atoms with Gasteiger partial charge in [-0.25, -0.2) is 0 Å². The van der Waals surface area contributed by atoms with E-state index < -0.39 is 0 Å². The van der Waals surface area contributed by atoms with Gasteiger partial charge in [-0.1, -0.05) is 24.3 Å². The number of nitrogens with one attached hydrogen (secondary N) is 1. The molecule has 0 saturated carbocycles. The number of likely N-dealkylation sites (tertiary alicyclic amines) is 1. The Morgan fingerprint density at radius 1 is 0.966 bits per heavy atom. The van der Waals surface area contributed by atoms with Crippen LogP contribution in [0.25, 0.3) is 0 Å². The van der Waals surface area contributed by atoms with Crippen LogP contribution in [0.2, 0.25) is 0 Å². The highest BCUT2D eigenvalue weighted by molar-refractivity contribution is 7.12. The fourth-order valence-electron chi connectivity index (χ4n) is 3.41. The van der Waals surface area contributed by atoms with Crippen molar-refractivity contribution >= 4 is 28.8 Å². The number of thiophene rings is 1. The maximum absolute atomic E-state index is 12.7. The molecule has 1 aliphatic rings. The van der Waals surface area contributed by atoms with E-state index in [1.807, 2.05) is 72.1 Å². The average Bonchev–Trinajstić information content (AvgIpc) is 3.30. The molecule has 6 heteroatoms. The van der Waals surface area contributed by atoms with Crippen LogP contribution < -0.4 is 10.1 Å². The molecule has 1 aliphatic heterocycles. The molecule has 5 nitrogen and oxygen atoms in total. The van der Waals surface area contributed by atoms with Gasteiger partial charge in [0.1, 0.15) is 11.5 Å². The number of rotatable bonds is 5. The SMILES string of the molecule is O=C(Nc1ccc(Oc2ccccc2)cc1)C1CCCN(C(=O)c2cccs2)C1. The molecule has 2 heterocycles. The second-order valence-corrected chi connectivity index (χ2v) is 7.94. The van der Waals surface area contributed by atoms with Crippen molar-refractivity contribution in [2.45, 2.75) is 12.8 Å². The third kappa shape index (κ3) is 4.84. The molecule has 1 unspecified atom stereocenters. The van der Waals surface area contributed by atoms with E-state index in [0.717, 1.165) is 29.2 Å². The molecule has 29 heavy (non-hydrogen) atoms. The van der Waals surface area contributed by atoms with E-state index in [1.54, 1.807) is 4.90 Å². The van der Waals surface area contributed by atoms with E-state index in [4.69, 9.17) is 4.74 Å². The number of carbonyl (C=O) groups excluding carboxylic acids is 2. The zero-order valence-electron chi connectivity index (χ0n) is 15.9. The van der Waals surface area contributed by atoms with Crippen molar-refractivity contribution in [1.82, 2.24) is 4.90 Å². The summed E-state index contributed by atoms with van der Waals surface area (Å²) in [4.78, 5) is 27.8. The van der Waals surface area contributed by atoms with Gasteiger partial charge >= 0.3 is 0 Å². The van der Waals surface area contributed by atoms with Crippen molar-refractivity contribution in [3.05, 3.63) is 77.0 Å². The van der Waals surface area contributed by atoms with Crippen molar-refractivity contribution in [2.75, 3.05) is 18.4 Å². The van der Waals surface area contributed by atoms with Crippen molar-refractivity contribution in [3.63, 3.8) is 0 Å². The molecule has 1 N–H and O–H groups in total. The first-order valence-corrected chi connectivity index (χ1v) is 10.5. The number of piperidine rings is 1. The van der Waals surface area contributed by atoms with Gasteiger partial charge in [0.2, 0.25) is 5.91 Å². The number of ether oxygens (including phenoxy) is 1. The summed E-state index contributed by atoms with van der Waals surface area (Å²) in [5.41, 5.74) is 0.720. The fraction of sp³-hybridized carbons (Fsp3) is 0.217. The zero-order chi connectivity index (χ0) is 20.1. The maximum Gasteiger partial charge on any atom is 0.263 e. The summed E-state index contributed by atoms with van der Waals surface area (Å²) in [7, 11) is 0. The Morgan fingerprint density at radius 3 is 2.45 bits per heavy atom. The first-order valence-electron chi connectivity index (χ1n) is 9.65. The molecular formula is C23H22N2O3S. The summed E-state index contributed by atoms with van der Waals surface area (Å²) in [6.07, 6.45) is 1.62. The molecule has 1 atom stereocenters. The largest absolute Gasteiger partial charge is 0.457 e. The summed E-state index contributed by atoms with van der Waals surface area (Å²) >= 11 is 1.44. The van der Waals surface area contributed by atoms with Crippen LogP contribution in [0.4, 0.5) is 5.69 Å². The van der Waals surface area contributed by atoms with E-state index in [2.05, 4.69) is 5.32 Å². The summed E-state index contributed by atoms with van der Waals surface area (Å²) in [5.74, 6) is 1.24. The summed E-state index contributed by atoms with van der Waals surface area (Å²) < 4.78 is 5.77. The lowest BCUT2D eigenvalue weighted by molar-refractivity contribution is -0.121. The number of carbonyl (C=O) groups is 2. The van der Waals surface area contributed by atoms with Crippen LogP contribution in [-0.2, 0) is 4.79 Å². The van der Waals surface area contributed by atoms with Gasteiger partial charge in [0.05, 0.1) is 10.8 Å². The van der Waals surface area contributed by atoms with Crippen LogP contribution in [0, 0.1) is 5.92 Å². The minimum Gasteiger partial charge on any atom is -0.457 e. The third-order valence-electron chi connectivity index (χ3n) is 4.91. The van der Waals surface area contributed by atoms with Crippen LogP contribution in [0.1, 0.15) is 22.5 Å². The van der Waals surface area contributed by atoms with Crippen LogP contribution in [-0.4, -0.2) is 29.8 Å². The lowest BCUT2D eigenvalue weighted by Gasteiger charge is -2.31. The smallest absolute Gasteiger partial charge is 0.263 e. The Bertz CT molecular complexity index is 956. The van der Waals surface area contributed by atoms with E-state index in [-0.39, 0.29) is 17.7 Å². The van der Waals surface area contributed by atoms with Crippen molar-refractivity contribution < 1.29 is 14.3 Å². The van der Waals surface area contributed by atoms with Crippen molar-refractivity contribution in [1.29, 1.82) is 0 Å². The third-order valence-corrected chi connectivity index (χ3v) is 5.77. The number of para-hydroxylation sites is 1. The van der Waals surface area contributed by atoms with Crippen LogP contribution in [0.5, 0.6) is 11.5 Å². The lowest BCUT2D eigenvalue weighted by Crippen LogP contribution is -2.43. The molecule has 2 aromatic carbocycles. The van der Waals surface area contributed by atoms with E-state index >= 15 is 0 Å². The maximum atomic E-state index is 12.7. The van der Waals surface area contributed by atoms with Gasteiger partial charge in [-0.3, -0.25) is 9.59 Å². The van der Waals surface area contributed by atoms with Crippen LogP contribution in [0.3, 0.4) is 0 Å². The Labute approximate surface area is 173 Å². The van der Waals surface area contributed by atoms with Crippen LogP contribution in [0.15, 0.2) is 72.1 Å². The molecule has 0 bridgehead atoms. The summed E-state index contributed by atoms with van der Waals surface area (Å²) in [6, 6.07) is 20.6. The molecule has 1 saturated heterocycles. The Morgan fingerprint density at radius 2 is 1.72 bits per heavy atom. The molecule has 3 aromatic rings. The number of hydrogen-bond donors (Lipinski definition) is 1. The Hall–Kier alpha value is -3.12. The fourth-order valence-corrected chi connectivity index (χ4v) is 4.10. The molecule has 1 fully saturated rings. The number of nitrogens with zero attached hydrogens (tertiary/aromatic N) is 1. The zero-order valence-corrected chi connectivity index (χ0v) is 16.7. The lowest BCUT2D eigenvalue weighted by atomic mass is 9.97. The number of anilines is 1. The van der Waals surface area contributed by atoms with Crippen molar-refractivity contribution in [2.24, 2.45) is 5.92 Å². The Balaban J connectivity index is 1.34. The van der Waals surface area contributed by atoms with Gasteiger partial charge in [-0.15, -0.1) is 11.3 Å². The first-order chi connectivity index (χ1) is 14.2. The molecule has 0 aliphatic carbocycles. The predicted octanol–water partition coefficient (Wildman–Crippen LogP) is 5.03. The van der Waals surface area contributed by atoms with Crippen LogP contribution >= 0.6 is 11.3 Å². The minimum atomic E-state index is -0.201. The van der Waals surface area contributed by atoms with Gasteiger partial charge in [0, 0.05) is 18.8 Å². The highest BCUT2D eigenvalue weighted by atomic mass is 32.1. The van der Waals surface area contributed by atoms with Gasteiger partial charge in [-0.05, 0) is 60.7 Å². The van der Waals surface area contributed by atoms with Crippen molar-refractivity contribution in [3.8, 4) is 11.5 Å². The monoisotopic (exact) mass is 406 g/mol. The second kappa shape index (κ2) is 8.92. The molecule has 4 rings (SSSR count). The minimum absolute atomic E-state index is 0.0138. The van der Waals surface area contributed by atoms with E-state index in [1.165, 1.54) is 11.3 Å². The molecule has 0 spiro atoms. The predicted molar refractivity (Wildman–Crippen MR) is 115 cm³/mol. The molecule has 1 aromatic heterocycles. The first kappa shape index (κ1) is 19.2. The molecule has 2 amide bonds. The van der Waals surface area contributed by atoms with Gasteiger partial charge in [0.15, 0.2) is 0 Å². The summed E-state index contributed by atoms with van der Waals surface area (Å²) in [6.45, 7) is 1.16. The van der Waals surface area contributed by atoms with E-state index in [9.17, 15) is 9.59 Å². The van der Waals surface area contributed by atoms with Gasteiger partial charge < -0.3 is 15.0 Å². The number of benzene rings is 2. The van der Waals surface area contributed by atoms with Gasteiger partial charge in [-0.2, -0.15) is 0 Å². The summed E-state index contributed by atoms with van der Waals surface area (Å²) in [5, 5.41) is 4.86. The van der Waals surface area contributed by atoms with Gasteiger partial charge in [0.25, 0.3) is 5.91 Å².